The van der Waals surface area contributed by atoms with Gasteiger partial charge in [0.25, 0.3) is 0 Å². The van der Waals surface area contributed by atoms with E-state index in [2.05, 4.69) is 18.2 Å². The smallest absolute Gasteiger partial charge is 0.309 e. The summed E-state index contributed by atoms with van der Waals surface area (Å²) in [5.41, 5.74) is 4.41. The molecule has 10 heteroatoms. The molecule has 0 saturated carbocycles. The predicted octanol–water partition coefficient (Wildman–Crippen LogP) is 14.0. The Hall–Kier alpha value is -7.07. The summed E-state index contributed by atoms with van der Waals surface area (Å²) in [4.78, 5) is 14.5. The zero-order chi connectivity index (χ0) is 41.1. The van der Waals surface area contributed by atoms with Gasteiger partial charge in [0.05, 0.1) is 27.8 Å². The molecular formula is C49H32F6N4. The molecule has 290 valence electrons. The standard InChI is InChI=1S/C49H32F6N4/c1-29-23-30(2)25-35(24-29)33-17-20-40-38-15-9-10-16-42(38)59(43(40)26-33)44-27-34(18-21-39(44)37-22-19-36(48(50,51)52)28-41(37)49(53,54)55)47-57-45(31-11-5-3-6-12-31)56-46(58-47)32-13-7-4-8-14-32/h3-28H,1-2H3. The first-order valence-corrected chi connectivity index (χ1v) is 18.7. The first-order chi connectivity index (χ1) is 28.3. The van der Waals surface area contributed by atoms with Crippen molar-refractivity contribution in [2.75, 3.05) is 0 Å². The lowest BCUT2D eigenvalue weighted by Gasteiger charge is -2.20. The summed E-state index contributed by atoms with van der Waals surface area (Å²) in [5.74, 6) is 1.03. The molecule has 0 atom stereocenters. The highest BCUT2D eigenvalue weighted by atomic mass is 19.4. The van der Waals surface area contributed by atoms with Gasteiger partial charge in [-0.2, -0.15) is 26.3 Å². The number of nitrogens with zero attached hydrogens (tertiary/aromatic N) is 4. The van der Waals surface area contributed by atoms with E-state index in [9.17, 15) is 26.3 Å². The lowest BCUT2D eigenvalue weighted by Crippen LogP contribution is -2.12. The summed E-state index contributed by atoms with van der Waals surface area (Å²) in [6.45, 7) is 4.03. The topological polar surface area (TPSA) is 43.6 Å². The number of fused-ring (bicyclic) bond motifs is 3. The van der Waals surface area contributed by atoms with Crippen LogP contribution in [0.15, 0.2) is 158 Å². The minimum Gasteiger partial charge on any atom is -0.309 e. The number of aryl methyl sites for hydroxylation is 2. The molecule has 9 aromatic rings. The van der Waals surface area contributed by atoms with Crippen LogP contribution < -0.4 is 0 Å². The summed E-state index contributed by atoms with van der Waals surface area (Å²) in [6.07, 6.45) is -10.1. The van der Waals surface area contributed by atoms with Gasteiger partial charge in [-0.25, -0.2) is 15.0 Å². The van der Waals surface area contributed by atoms with Gasteiger partial charge in [0.1, 0.15) is 0 Å². The minimum absolute atomic E-state index is 0.0647. The van der Waals surface area contributed by atoms with E-state index in [0.717, 1.165) is 50.2 Å². The van der Waals surface area contributed by atoms with E-state index in [-0.39, 0.29) is 17.5 Å². The third-order valence-corrected chi connectivity index (χ3v) is 10.4. The summed E-state index contributed by atoms with van der Waals surface area (Å²) in [5, 5.41) is 1.68. The number of rotatable bonds is 6. The third kappa shape index (κ3) is 7.11. The molecule has 0 unspecified atom stereocenters. The van der Waals surface area contributed by atoms with E-state index in [4.69, 9.17) is 15.0 Å². The van der Waals surface area contributed by atoms with Gasteiger partial charge in [-0.1, -0.05) is 139 Å². The number of benzene rings is 7. The van der Waals surface area contributed by atoms with Crippen molar-refractivity contribution in [3.8, 4) is 62.1 Å². The van der Waals surface area contributed by atoms with Gasteiger partial charge in [0.2, 0.25) is 0 Å². The Kier molecular flexibility index (Phi) is 9.15. The van der Waals surface area contributed by atoms with Crippen LogP contribution in [0.25, 0.3) is 83.9 Å². The molecule has 2 heterocycles. The van der Waals surface area contributed by atoms with Crippen LogP contribution in [0.5, 0.6) is 0 Å². The molecule has 0 fully saturated rings. The Bertz CT molecular complexity index is 2960. The molecule has 0 aliphatic heterocycles. The van der Waals surface area contributed by atoms with Crippen molar-refractivity contribution < 1.29 is 26.3 Å². The van der Waals surface area contributed by atoms with E-state index in [1.807, 2.05) is 122 Å². The van der Waals surface area contributed by atoms with Crippen LogP contribution >= 0.6 is 0 Å². The van der Waals surface area contributed by atoms with Crippen molar-refractivity contribution in [2.45, 2.75) is 26.2 Å². The van der Waals surface area contributed by atoms with Crippen molar-refractivity contribution >= 4 is 21.8 Å². The van der Waals surface area contributed by atoms with Gasteiger partial charge in [0.15, 0.2) is 17.5 Å². The zero-order valence-corrected chi connectivity index (χ0v) is 31.6. The lowest BCUT2D eigenvalue weighted by atomic mass is 9.94. The molecule has 0 spiro atoms. The molecule has 0 bridgehead atoms. The molecule has 0 aliphatic carbocycles. The second kappa shape index (κ2) is 14.4. The average Bonchev–Trinajstić information content (AvgIpc) is 3.56. The van der Waals surface area contributed by atoms with Gasteiger partial charge < -0.3 is 4.57 Å². The van der Waals surface area contributed by atoms with E-state index in [1.165, 1.54) is 6.07 Å². The van der Waals surface area contributed by atoms with Crippen LogP contribution in [0.1, 0.15) is 22.3 Å². The quantitative estimate of drug-likeness (QED) is 0.158. The highest BCUT2D eigenvalue weighted by Gasteiger charge is 2.39. The van der Waals surface area contributed by atoms with Crippen molar-refractivity contribution in [3.05, 3.63) is 180 Å². The summed E-state index contributed by atoms with van der Waals surface area (Å²) in [7, 11) is 0. The minimum atomic E-state index is -5.12. The number of alkyl halides is 6. The molecule has 0 radical (unpaired) electrons. The highest BCUT2D eigenvalue weighted by molar-refractivity contribution is 6.11. The third-order valence-electron chi connectivity index (χ3n) is 10.4. The zero-order valence-electron chi connectivity index (χ0n) is 31.6. The molecule has 0 amide bonds. The Labute approximate surface area is 335 Å². The monoisotopic (exact) mass is 790 g/mol. The Morgan fingerprint density at radius 3 is 1.56 bits per heavy atom. The molecule has 7 aromatic carbocycles. The summed E-state index contributed by atoms with van der Waals surface area (Å²) >= 11 is 0. The molecule has 4 nitrogen and oxygen atoms in total. The second-order valence-corrected chi connectivity index (χ2v) is 14.5. The number of halogens is 6. The molecule has 0 saturated heterocycles. The van der Waals surface area contributed by atoms with Crippen molar-refractivity contribution in [2.24, 2.45) is 0 Å². The molecule has 0 N–H and O–H groups in total. The van der Waals surface area contributed by atoms with Crippen LogP contribution in [-0.4, -0.2) is 19.5 Å². The van der Waals surface area contributed by atoms with E-state index in [1.54, 1.807) is 12.1 Å². The van der Waals surface area contributed by atoms with Crippen molar-refractivity contribution in [3.63, 3.8) is 0 Å². The summed E-state index contributed by atoms with van der Waals surface area (Å²) < 4.78 is 88.5. The van der Waals surface area contributed by atoms with Gasteiger partial charge in [0, 0.05) is 33.0 Å². The van der Waals surface area contributed by atoms with Gasteiger partial charge >= 0.3 is 12.4 Å². The first-order valence-electron chi connectivity index (χ1n) is 18.7. The SMILES string of the molecule is Cc1cc(C)cc(-c2ccc3c4ccccc4n(-c4cc(-c5nc(-c6ccccc6)nc(-c6ccccc6)n5)ccc4-c4ccc(C(F)(F)F)cc4C(F)(F)F)c3c2)c1. The average molecular weight is 791 g/mol. The normalized spacial score (nSPS) is 12.1. The fraction of sp³-hybridized carbons (Fsp3) is 0.0816. The van der Waals surface area contributed by atoms with Crippen LogP contribution in [-0.2, 0) is 12.4 Å². The van der Waals surface area contributed by atoms with Gasteiger partial charge in [-0.05, 0) is 60.9 Å². The molecule has 9 rings (SSSR count). The Morgan fingerprint density at radius 2 is 0.949 bits per heavy atom. The first kappa shape index (κ1) is 37.5. The fourth-order valence-electron chi connectivity index (χ4n) is 7.76. The van der Waals surface area contributed by atoms with Crippen LogP contribution in [0.4, 0.5) is 26.3 Å². The molecule has 59 heavy (non-hydrogen) atoms. The fourth-order valence-corrected chi connectivity index (χ4v) is 7.76. The van der Waals surface area contributed by atoms with E-state index in [0.29, 0.717) is 40.0 Å². The number of hydrogen-bond donors (Lipinski definition) is 0. The van der Waals surface area contributed by atoms with Crippen molar-refractivity contribution in [1.29, 1.82) is 0 Å². The summed E-state index contributed by atoms with van der Waals surface area (Å²) in [6, 6.07) is 45.1. The van der Waals surface area contributed by atoms with Gasteiger partial charge in [-0.15, -0.1) is 0 Å². The van der Waals surface area contributed by atoms with E-state index < -0.39 is 29.0 Å². The maximum Gasteiger partial charge on any atom is 0.417 e. The largest absolute Gasteiger partial charge is 0.417 e. The number of hydrogen-bond acceptors (Lipinski definition) is 3. The maximum atomic E-state index is 14.9. The number of aromatic nitrogens is 4. The van der Waals surface area contributed by atoms with Crippen LogP contribution in [0.3, 0.4) is 0 Å². The predicted molar refractivity (Wildman–Crippen MR) is 221 cm³/mol. The van der Waals surface area contributed by atoms with Crippen LogP contribution in [0, 0.1) is 13.8 Å². The molecule has 2 aromatic heterocycles. The Balaban J connectivity index is 1.37. The van der Waals surface area contributed by atoms with Crippen molar-refractivity contribution in [1.82, 2.24) is 19.5 Å². The molecular weight excluding hydrogens is 759 g/mol. The lowest BCUT2D eigenvalue weighted by molar-refractivity contribution is -0.142. The van der Waals surface area contributed by atoms with E-state index >= 15 is 0 Å². The molecule has 0 aliphatic rings. The second-order valence-electron chi connectivity index (χ2n) is 14.5. The maximum absolute atomic E-state index is 14.9. The highest BCUT2D eigenvalue weighted by Crippen LogP contribution is 2.45. The van der Waals surface area contributed by atoms with Crippen LogP contribution in [0.2, 0.25) is 0 Å². The Morgan fingerprint density at radius 1 is 0.407 bits per heavy atom. The van der Waals surface area contributed by atoms with Gasteiger partial charge in [-0.3, -0.25) is 0 Å². The number of para-hydroxylation sites is 1.